The van der Waals surface area contributed by atoms with Crippen molar-refractivity contribution in [3.05, 3.63) is 158 Å². The van der Waals surface area contributed by atoms with Crippen molar-refractivity contribution >= 4 is 11.9 Å². The van der Waals surface area contributed by atoms with Gasteiger partial charge in [0.25, 0.3) is 0 Å². The summed E-state index contributed by atoms with van der Waals surface area (Å²) < 4.78 is 10.7. The van der Waals surface area contributed by atoms with Crippen molar-refractivity contribution in [1.29, 1.82) is 0 Å². The lowest BCUT2D eigenvalue weighted by atomic mass is 10.0. The van der Waals surface area contributed by atoms with Crippen LogP contribution in [-0.2, 0) is 19.1 Å². The average molecular weight is 992 g/mol. The van der Waals surface area contributed by atoms with E-state index in [1.54, 1.807) is 0 Å². The predicted octanol–water partition coefficient (Wildman–Crippen LogP) is 20.0. The van der Waals surface area contributed by atoms with Gasteiger partial charge in [-0.3, -0.25) is 9.59 Å². The first kappa shape index (κ1) is 67.5. The molecule has 5 heteroatoms. The Morgan fingerprint density at radius 1 is 0.319 bits per heavy atom. The molecule has 5 nitrogen and oxygen atoms in total. The second kappa shape index (κ2) is 60.8. The number of aliphatic hydroxyl groups excluding tert-OH is 1. The van der Waals surface area contributed by atoms with Crippen LogP contribution >= 0.6 is 0 Å². The normalized spacial score (nSPS) is 13.4. The topological polar surface area (TPSA) is 72.8 Å². The summed E-state index contributed by atoms with van der Waals surface area (Å²) in [6.45, 7) is 3.88. The summed E-state index contributed by atoms with van der Waals surface area (Å²) in [6.07, 6.45) is 93.6. The molecule has 0 rings (SSSR count). The Balaban J connectivity index is 3.57. The number of aliphatic hydroxyl groups is 1. The maximum atomic E-state index is 12.3. The molecule has 0 aromatic carbocycles. The number of hydrogen-bond acceptors (Lipinski definition) is 5. The molecular formula is C67H106O5. The largest absolute Gasteiger partial charge is 0.462 e. The fourth-order valence-corrected chi connectivity index (χ4v) is 7.54. The number of rotatable bonds is 51. The van der Waals surface area contributed by atoms with Crippen molar-refractivity contribution in [2.24, 2.45) is 0 Å². The molecule has 0 amide bonds. The lowest BCUT2D eigenvalue weighted by Gasteiger charge is -2.15. The van der Waals surface area contributed by atoms with Gasteiger partial charge >= 0.3 is 11.9 Å². The van der Waals surface area contributed by atoms with Crippen molar-refractivity contribution in [2.75, 3.05) is 13.2 Å². The van der Waals surface area contributed by atoms with E-state index in [2.05, 4.69) is 172 Å². The summed E-state index contributed by atoms with van der Waals surface area (Å²) in [5, 5.41) is 9.65. The van der Waals surface area contributed by atoms with E-state index in [0.717, 1.165) is 128 Å². The molecular weight excluding hydrogens is 885 g/mol. The van der Waals surface area contributed by atoms with Crippen LogP contribution in [0.2, 0.25) is 0 Å². The van der Waals surface area contributed by atoms with Crippen LogP contribution in [-0.4, -0.2) is 36.4 Å². The van der Waals surface area contributed by atoms with Gasteiger partial charge in [-0.15, -0.1) is 0 Å². The van der Waals surface area contributed by atoms with E-state index in [9.17, 15) is 14.7 Å². The fraction of sp³-hybridized carbons (Fsp3) is 0.582. The van der Waals surface area contributed by atoms with Gasteiger partial charge in [-0.1, -0.05) is 255 Å². The minimum atomic E-state index is -0.797. The summed E-state index contributed by atoms with van der Waals surface area (Å²) in [5.74, 6) is -0.637. The molecule has 0 aliphatic rings. The average Bonchev–Trinajstić information content (AvgIpc) is 3.38. The van der Waals surface area contributed by atoms with Gasteiger partial charge in [-0.25, -0.2) is 0 Å². The molecule has 1 atom stereocenters. The summed E-state index contributed by atoms with van der Waals surface area (Å²) >= 11 is 0. The molecule has 0 fully saturated rings. The molecule has 0 aromatic heterocycles. The Morgan fingerprint density at radius 2 is 0.556 bits per heavy atom. The summed E-state index contributed by atoms with van der Waals surface area (Å²) in [4.78, 5) is 24.5. The number of carbonyl (C=O) groups is 2. The van der Waals surface area contributed by atoms with Crippen molar-refractivity contribution in [2.45, 2.75) is 238 Å². The van der Waals surface area contributed by atoms with Crippen LogP contribution in [0.1, 0.15) is 232 Å². The highest BCUT2D eigenvalue weighted by Gasteiger charge is 2.16. The Morgan fingerprint density at radius 3 is 0.847 bits per heavy atom. The molecule has 0 spiro atoms. The van der Waals surface area contributed by atoms with E-state index in [0.29, 0.717) is 12.8 Å². The first-order valence-corrected chi connectivity index (χ1v) is 29.0. The second-order valence-corrected chi connectivity index (χ2v) is 18.6. The van der Waals surface area contributed by atoms with Crippen LogP contribution in [0.25, 0.3) is 0 Å². The fourth-order valence-electron chi connectivity index (χ4n) is 7.54. The van der Waals surface area contributed by atoms with Crippen LogP contribution in [0.5, 0.6) is 0 Å². The number of ether oxygens (including phenoxy) is 2. The van der Waals surface area contributed by atoms with Gasteiger partial charge in [-0.05, 0) is 122 Å². The predicted molar refractivity (Wildman–Crippen MR) is 315 cm³/mol. The van der Waals surface area contributed by atoms with E-state index in [1.165, 1.54) is 77.0 Å². The van der Waals surface area contributed by atoms with Gasteiger partial charge in [0.15, 0.2) is 6.10 Å². The van der Waals surface area contributed by atoms with E-state index in [4.69, 9.17) is 9.47 Å². The molecule has 1 N–H and O–H groups in total. The smallest absolute Gasteiger partial charge is 0.306 e. The highest BCUT2D eigenvalue weighted by atomic mass is 16.6. The molecule has 0 aromatic rings. The minimum absolute atomic E-state index is 0.0916. The van der Waals surface area contributed by atoms with Crippen LogP contribution in [0, 0.1) is 0 Å². The van der Waals surface area contributed by atoms with Crippen LogP contribution < -0.4 is 0 Å². The zero-order valence-corrected chi connectivity index (χ0v) is 46.1. The van der Waals surface area contributed by atoms with E-state index in [1.807, 2.05) is 0 Å². The van der Waals surface area contributed by atoms with Gasteiger partial charge in [0, 0.05) is 12.8 Å². The Hall–Kier alpha value is -4.48. The first-order chi connectivity index (χ1) is 35.6. The summed E-state index contributed by atoms with van der Waals surface area (Å²) in [7, 11) is 0. The van der Waals surface area contributed by atoms with Gasteiger partial charge in [0.1, 0.15) is 6.61 Å². The molecule has 0 aliphatic heterocycles. The standard InChI is InChI=1S/C67H106O5/c1-3-5-7-9-11-13-15-17-19-21-23-24-25-26-27-28-29-30-31-32-33-34-35-36-37-38-39-40-41-42-44-46-48-50-52-54-56-58-60-62-67(70)72-65(63-68)64-71-66(69)61-59-57-55-53-51-49-47-45-43-22-20-18-16-14-12-10-8-6-4-2/h5-8,11-14,17-20,23-24,26-27,29-30,32-33,35-36,43,45,49,51,65,68H,3-4,9-10,15-16,21-22,25,28,31,34,37-42,44,46-48,50,52-64H2,1-2H3/b7-5-,8-6-,13-11-,14-12-,19-17-,20-18-,24-23-,27-26-,30-29-,33-32-,36-35-,45-43-,51-49-. The Kier molecular flexibility index (Phi) is 57.0. The van der Waals surface area contributed by atoms with Crippen LogP contribution in [0.3, 0.4) is 0 Å². The molecule has 0 aliphatic carbocycles. The second-order valence-electron chi connectivity index (χ2n) is 18.6. The summed E-state index contributed by atoms with van der Waals surface area (Å²) in [6, 6.07) is 0. The van der Waals surface area contributed by atoms with Crippen LogP contribution in [0.4, 0.5) is 0 Å². The van der Waals surface area contributed by atoms with E-state index in [-0.39, 0.29) is 25.2 Å². The third-order valence-corrected chi connectivity index (χ3v) is 11.8. The van der Waals surface area contributed by atoms with Gasteiger partial charge < -0.3 is 14.6 Å². The minimum Gasteiger partial charge on any atom is -0.462 e. The zero-order chi connectivity index (χ0) is 52.0. The number of unbranched alkanes of at least 4 members (excludes halogenated alkanes) is 17. The third kappa shape index (κ3) is 58.1. The van der Waals surface area contributed by atoms with E-state index >= 15 is 0 Å². The maximum Gasteiger partial charge on any atom is 0.306 e. The van der Waals surface area contributed by atoms with Gasteiger partial charge in [0.05, 0.1) is 6.61 Å². The highest BCUT2D eigenvalue weighted by Crippen LogP contribution is 2.15. The van der Waals surface area contributed by atoms with Crippen molar-refractivity contribution in [3.63, 3.8) is 0 Å². The number of carbonyl (C=O) groups excluding carboxylic acids is 2. The van der Waals surface area contributed by atoms with Gasteiger partial charge in [-0.2, -0.15) is 0 Å². The molecule has 1 unspecified atom stereocenters. The van der Waals surface area contributed by atoms with Crippen LogP contribution in [0.15, 0.2) is 158 Å². The number of esters is 2. The first-order valence-electron chi connectivity index (χ1n) is 29.0. The molecule has 0 radical (unpaired) electrons. The van der Waals surface area contributed by atoms with Gasteiger partial charge in [0.2, 0.25) is 0 Å². The monoisotopic (exact) mass is 991 g/mol. The number of hydrogen-bond donors (Lipinski definition) is 1. The molecule has 0 heterocycles. The molecule has 404 valence electrons. The lowest BCUT2D eigenvalue weighted by molar-refractivity contribution is -0.161. The maximum absolute atomic E-state index is 12.3. The lowest BCUT2D eigenvalue weighted by Crippen LogP contribution is -2.28. The Labute approximate surface area is 443 Å². The SMILES string of the molecule is CC/C=C\C/C=C\C/C=C\C/C=C\C/C=C\C/C=C\C/C=C\C/C=C\CCCCCCCCCCCCCCCCC(=O)OC(CO)COC(=O)CCCCC/C=C\C/C=C\C/C=C\C/C=C\C/C=C\CC. The molecule has 72 heavy (non-hydrogen) atoms. The Bertz CT molecular complexity index is 1590. The zero-order valence-electron chi connectivity index (χ0n) is 46.1. The molecule has 0 saturated carbocycles. The third-order valence-electron chi connectivity index (χ3n) is 11.8. The van der Waals surface area contributed by atoms with Crippen molar-refractivity contribution in [1.82, 2.24) is 0 Å². The summed E-state index contributed by atoms with van der Waals surface area (Å²) in [5.41, 5.74) is 0. The highest BCUT2D eigenvalue weighted by molar-refractivity contribution is 5.70. The van der Waals surface area contributed by atoms with Crippen molar-refractivity contribution < 1.29 is 24.2 Å². The quantitative estimate of drug-likeness (QED) is 0.0373. The van der Waals surface area contributed by atoms with E-state index < -0.39 is 6.10 Å². The molecule has 0 saturated heterocycles. The van der Waals surface area contributed by atoms with Crippen molar-refractivity contribution in [3.8, 4) is 0 Å². The molecule has 0 bridgehead atoms. The number of allylic oxidation sites excluding steroid dienone is 26.